The maximum atomic E-state index is 10.8. The number of fused-ring (bicyclic) bond motifs is 1. The molecule has 21 heavy (non-hydrogen) atoms. The maximum Gasteiger partial charge on any atom is 0.337 e. The predicted octanol–water partition coefficient (Wildman–Crippen LogP) is 4.09. The molecule has 0 unspecified atom stereocenters. The summed E-state index contributed by atoms with van der Waals surface area (Å²) in [5, 5.41) is 11.0. The van der Waals surface area contributed by atoms with Gasteiger partial charge in [-0.25, -0.2) is 4.79 Å². The van der Waals surface area contributed by atoms with Crippen LogP contribution in [0.5, 0.6) is 0 Å². The van der Waals surface area contributed by atoms with Crippen molar-refractivity contribution < 1.29 is 9.90 Å². The molecule has 106 valence electrons. The van der Waals surface area contributed by atoms with Gasteiger partial charge in [0.2, 0.25) is 0 Å². The number of hydrogen-bond acceptors (Lipinski definition) is 2. The Balaban J connectivity index is 1.96. The van der Waals surface area contributed by atoms with E-state index >= 15 is 0 Å². The smallest absolute Gasteiger partial charge is 0.337 e. The second-order valence-electron chi connectivity index (χ2n) is 4.61. The van der Waals surface area contributed by atoms with Crippen LogP contribution < -0.4 is 0 Å². The SMILES string of the molecule is O=C(O)c1ccc(Cn2ccc3c(Cl)cc(Cl)cc32)nc1. The predicted molar refractivity (Wildman–Crippen MR) is 82.3 cm³/mol. The fraction of sp³-hybridized carbons (Fsp3) is 0.0667. The molecular weight excluding hydrogens is 311 g/mol. The van der Waals surface area contributed by atoms with Crippen LogP contribution in [0.25, 0.3) is 10.9 Å². The molecule has 0 radical (unpaired) electrons. The molecule has 0 aliphatic heterocycles. The second-order valence-corrected chi connectivity index (χ2v) is 5.45. The average molecular weight is 321 g/mol. The zero-order chi connectivity index (χ0) is 15.0. The summed E-state index contributed by atoms with van der Waals surface area (Å²) in [5.74, 6) is -0.987. The number of rotatable bonds is 3. The van der Waals surface area contributed by atoms with Gasteiger partial charge in [-0.3, -0.25) is 4.98 Å². The summed E-state index contributed by atoms with van der Waals surface area (Å²) in [6, 6.07) is 8.70. The van der Waals surface area contributed by atoms with E-state index in [1.807, 2.05) is 22.9 Å². The first-order valence-corrected chi connectivity index (χ1v) is 6.92. The summed E-state index contributed by atoms with van der Waals surface area (Å²) in [7, 11) is 0. The monoisotopic (exact) mass is 320 g/mol. The normalized spacial score (nSPS) is 11.0. The van der Waals surface area contributed by atoms with E-state index in [2.05, 4.69) is 4.98 Å². The molecule has 6 heteroatoms. The number of pyridine rings is 1. The van der Waals surface area contributed by atoms with Crippen molar-refractivity contribution in [3.05, 3.63) is 64.0 Å². The zero-order valence-electron chi connectivity index (χ0n) is 10.8. The highest BCUT2D eigenvalue weighted by Crippen LogP contribution is 2.29. The first kappa shape index (κ1) is 13.9. The van der Waals surface area contributed by atoms with Crippen molar-refractivity contribution in [2.45, 2.75) is 6.54 Å². The van der Waals surface area contributed by atoms with Crippen molar-refractivity contribution >= 4 is 40.1 Å². The van der Waals surface area contributed by atoms with Crippen molar-refractivity contribution in [3.8, 4) is 0 Å². The van der Waals surface area contributed by atoms with Crippen LogP contribution in [0.15, 0.2) is 42.7 Å². The van der Waals surface area contributed by atoms with Crippen LogP contribution in [0.2, 0.25) is 10.0 Å². The van der Waals surface area contributed by atoms with Gasteiger partial charge >= 0.3 is 5.97 Å². The second kappa shape index (κ2) is 5.39. The Labute approximate surface area is 130 Å². The van der Waals surface area contributed by atoms with E-state index in [4.69, 9.17) is 28.3 Å². The molecule has 1 N–H and O–H groups in total. The van der Waals surface area contributed by atoms with Gasteiger partial charge in [-0.1, -0.05) is 23.2 Å². The van der Waals surface area contributed by atoms with Gasteiger partial charge in [-0.2, -0.15) is 0 Å². The maximum absolute atomic E-state index is 10.8. The fourth-order valence-electron chi connectivity index (χ4n) is 2.18. The number of carboxylic acids is 1. The van der Waals surface area contributed by atoms with Gasteiger partial charge in [0.15, 0.2) is 0 Å². The molecular formula is C15H10Cl2N2O2. The van der Waals surface area contributed by atoms with Crippen LogP contribution in [0.4, 0.5) is 0 Å². The van der Waals surface area contributed by atoms with Gasteiger partial charge in [0.05, 0.1) is 28.3 Å². The quantitative estimate of drug-likeness (QED) is 0.790. The van der Waals surface area contributed by atoms with Gasteiger partial charge in [0, 0.05) is 22.8 Å². The lowest BCUT2D eigenvalue weighted by atomic mass is 10.2. The van der Waals surface area contributed by atoms with Crippen molar-refractivity contribution in [1.29, 1.82) is 0 Å². The Bertz CT molecular complexity index is 826. The third kappa shape index (κ3) is 2.73. The van der Waals surface area contributed by atoms with Crippen molar-refractivity contribution in [2.24, 2.45) is 0 Å². The largest absolute Gasteiger partial charge is 0.478 e. The highest BCUT2D eigenvalue weighted by atomic mass is 35.5. The number of aromatic carboxylic acids is 1. The molecule has 1 aromatic carbocycles. The average Bonchev–Trinajstić information content (AvgIpc) is 2.83. The molecule has 2 heterocycles. The highest BCUT2D eigenvalue weighted by Gasteiger charge is 2.08. The minimum absolute atomic E-state index is 0.169. The van der Waals surface area contributed by atoms with Crippen molar-refractivity contribution in [3.63, 3.8) is 0 Å². The molecule has 0 aliphatic carbocycles. The third-order valence-corrected chi connectivity index (χ3v) is 3.74. The summed E-state index contributed by atoms with van der Waals surface area (Å²) in [4.78, 5) is 15.0. The molecule has 3 rings (SSSR count). The Morgan fingerprint density at radius 1 is 1.24 bits per heavy atom. The van der Waals surface area contributed by atoms with Crippen LogP contribution in [0.1, 0.15) is 16.1 Å². The summed E-state index contributed by atoms with van der Waals surface area (Å²) in [6.07, 6.45) is 3.25. The molecule has 0 aliphatic rings. The molecule has 0 atom stereocenters. The van der Waals surface area contributed by atoms with Crippen LogP contribution in [0.3, 0.4) is 0 Å². The molecule has 3 aromatic rings. The van der Waals surface area contributed by atoms with Gasteiger partial charge in [-0.05, 0) is 30.3 Å². The number of carbonyl (C=O) groups is 1. The minimum atomic E-state index is -0.987. The van der Waals surface area contributed by atoms with E-state index in [0.29, 0.717) is 16.6 Å². The van der Waals surface area contributed by atoms with Crippen LogP contribution >= 0.6 is 23.2 Å². The molecule has 4 nitrogen and oxygen atoms in total. The van der Waals surface area contributed by atoms with Crippen molar-refractivity contribution in [1.82, 2.24) is 9.55 Å². The number of hydrogen-bond donors (Lipinski definition) is 1. The number of carboxylic acid groups (broad SMARTS) is 1. The summed E-state index contributed by atoms with van der Waals surface area (Å²) in [5.41, 5.74) is 1.84. The summed E-state index contributed by atoms with van der Waals surface area (Å²) < 4.78 is 1.97. The van der Waals surface area contributed by atoms with Crippen LogP contribution in [-0.2, 0) is 6.54 Å². The van der Waals surface area contributed by atoms with Crippen LogP contribution in [0, 0.1) is 0 Å². The lowest BCUT2D eigenvalue weighted by Crippen LogP contribution is -2.03. The molecule has 0 saturated heterocycles. The lowest BCUT2D eigenvalue weighted by Gasteiger charge is -2.06. The number of aromatic nitrogens is 2. The molecule has 0 amide bonds. The van der Waals surface area contributed by atoms with Gasteiger partial charge in [0.1, 0.15) is 0 Å². The van der Waals surface area contributed by atoms with Gasteiger partial charge in [-0.15, -0.1) is 0 Å². The van der Waals surface area contributed by atoms with Gasteiger partial charge in [0.25, 0.3) is 0 Å². The lowest BCUT2D eigenvalue weighted by molar-refractivity contribution is 0.0696. The summed E-state index contributed by atoms with van der Waals surface area (Å²) in [6.45, 7) is 0.514. The van der Waals surface area contributed by atoms with Crippen LogP contribution in [-0.4, -0.2) is 20.6 Å². The summed E-state index contributed by atoms with van der Waals surface area (Å²) >= 11 is 12.2. The van der Waals surface area contributed by atoms with Crippen molar-refractivity contribution in [2.75, 3.05) is 0 Å². The minimum Gasteiger partial charge on any atom is -0.478 e. The Morgan fingerprint density at radius 3 is 2.71 bits per heavy atom. The Morgan fingerprint density at radius 2 is 2.05 bits per heavy atom. The number of benzene rings is 1. The topological polar surface area (TPSA) is 55.1 Å². The first-order chi connectivity index (χ1) is 10.0. The Kier molecular flexibility index (Phi) is 3.57. The first-order valence-electron chi connectivity index (χ1n) is 6.17. The van der Waals surface area contributed by atoms with E-state index in [0.717, 1.165) is 16.6 Å². The molecule has 0 saturated carbocycles. The Hall–Kier alpha value is -2.04. The number of halogens is 2. The molecule has 0 bridgehead atoms. The molecule has 2 aromatic heterocycles. The number of nitrogens with zero attached hydrogens (tertiary/aromatic N) is 2. The van der Waals surface area contributed by atoms with Gasteiger partial charge < -0.3 is 9.67 Å². The van der Waals surface area contributed by atoms with E-state index in [1.165, 1.54) is 12.3 Å². The van der Waals surface area contributed by atoms with E-state index in [1.54, 1.807) is 12.1 Å². The zero-order valence-corrected chi connectivity index (χ0v) is 12.3. The molecule has 0 spiro atoms. The highest BCUT2D eigenvalue weighted by molar-refractivity contribution is 6.38. The van der Waals surface area contributed by atoms with E-state index < -0.39 is 5.97 Å². The fourth-order valence-corrected chi connectivity index (χ4v) is 2.72. The molecule has 0 fully saturated rings. The van der Waals surface area contributed by atoms with E-state index in [-0.39, 0.29) is 5.56 Å². The van der Waals surface area contributed by atoms with E-state index in [9.17, 15) is 4.79 Å². The standard InChI is InChI=1S/C15H10Cl2N2O2/c16-10-5-13(17)12-3-4-19(14(12)6-10)8-11-2-1-9(7-18-11)15(20)21/h1-7H,8H2,(H,20,21). The third-order valence-electron chi connectivity index (χ3n) is 3.21.